The first-order valence-corrected chi connectivity index (χ1v) is 5.30. The number of nitrogens with zero attached hydrogens (tertiary/aromatic N) is 1. The summed E-state index contributed by atoms with van der Waals surface area (Å²) in [5, 5.41) is 0. The molecule has 0 bridgehead atoms. The van der Waals surface area contributed by atoms with Crippen molar-refractivity contribution in [3.05, 3.63) is 12.2 Å². The van der Waals surface area contributed by atoms with Gasteiger partial charge in [0.15, 0.2) is 5.78 Å². The van der Waals surface area contributed by atoms with Crippen LogP contribution in [0.4, 0.5) is 0 Å². The normalized spacial score (nSPS) is 40.3. The number of hydrogen-bond acceptors (Lipinski definition) is 2. The second kappa shape index (κ2) is 2.69. The number of carbonyl (C=O) groups is 2. The Kier molecular flexibility index (Phi) is 1.58. The summed E-state index contributed by atoms with van der Waals surface area (Å²) in [6, 6.07) is 0.227. The third kappa shape index (κ3) is 0.925. The summed E-state index contributed by atoms with van der Waals surface area (Å²) >= 11 is 0. The fourth-order valence-electron chi connectivity index (χ4n) is 3.24. The van der Waals surface area contributed by atoms with E-state index in [0.717, 1.165) is 25.8 Å². The van der Waals surface area contributed by atoms with E-state index in [4.69, 9.17) is 0 Å². The van der Waals surface area contributed by atoms with Gasteiger partial charge in [-0.2, -0.15) is 0 Å². The van der Waals surface area contributed by atoms with Gasteiger partial charge in [0.2, 0.25) is 5.91 Å². The molecular weight excluding hydrogens is 178 g/mol. The third-order valence-corrected chi connectivity index (χ3v) is 3.88. The van der Waals surface area contributed by atoms with Crippen LogP contribution >= 0.6 is 0 Å². The first-order chi connectivity index (χ1) is 6.77. The first kappa shape index (κ1) is 8.21. The standard InChI is InChI=1S/C11H13NO2/c13-9-3-4-10(14)12-6-5-7-1-2-8(9)11(7)12/h3-4,7-8,11H,1-2,5-6H2/t7-,8+,11+/m0/s1. The van der Waals surface area contributed by atoms with Crippen LogP contribution in [0.5, 0.6) is 0 Å². The summed E-state index contributed by atoms with van der Waals surface area (Å²) in [5.74, 6) is 0.892. The predicted octanol–water partition coefficient (Wildman–Crippen LogP) is 0.752. The minimum atomic E-state index is 0.0373. The Morgan fingerprint density at radius 2 is 2.00 bits per heavy atom. The van der Waals surface area contributed by atoms with Crippen molar-refractivity contribution >= 4 is 11.7 Å². The Hall–Kier alpha value is -1.12. The summed E-state index contributed by atoms with van der Waals surface area (Å²) in [6.45, 7) is 0.849. The average Bonchev–Trinajstić information content (AvgIpc) is 2.70. The molecule has 0 unspecified atom stereocenters. The van der Waals surface area contributed by atoms with Crippen LogP contribution in [-0.2, 0) is 9.59 Å². The van der Waals surface area contributed by atoms with E-state index in [-0.39, 0.29) is 23.7 Å². The highest BCUT2D eigenvalue weighted by molar-refractivity contribution is 6.01. The van der Waals surface area contributed by atoms with Crippen molar-refractivity contribution in [3.63, 3.8) is 0 Å². The van der Waals surface area contributed by atoms with Gasteiger partial charge in [-0.15, -0.1) is 0 Å². The van der Waals surface area contributed by atoms with Gasteiger partial charge in [0, 0.05) is 24.6 Å². The Morgan fingerprint density at radius 3 is 2.86 bits per heavy atom. The number of hydrogen-bond donors (Lipinski definition) is 0. The quantitative estimate of drug-likeness (QED) is 0.566. The first-order valence-electron chi connectivity index (χ1n) is 5.30. The van der Waals surface area contributed by atoms with Crippen LogP contribution in [0.2, 0.25) is 0 Å². The smallest absolute Gasteiger partial charge is 0.246 e. The van der Waals surface area contributed by atoms with Crippen LogP contribution in [0.25, 0.3) is 0 Å². The van der Waals surface area contributed by atoms with Crippen molar-refractivity contribution in [2.75, 3.05) is 6.54 Å². The molecule has 0 aromatic rings. The fraction of sp³-hybridized carbons (Fsp3) is 0.636. The van der Waals surface area contributed by atoms with Gasteiger partial charge in [-0.25, -0.2) is 0 Å². The van der Waals surface area contributed by atoms with Gasteiger partial charge < -0.3 is 4.90 Å². The van der Waals surface area contributed by atoms with Crippen molar-refractivity contribution in [2.24, 2.45) is 11.8 Å². The topological polar surface area (TPSA) is 37.4 Å². The SMILES string of the molecule is O=C1C=CC(=O)N2CC[C@@H]3CC[C@H]1[C@@H]32. The van der Waals surface area contributed by atoms with Gasteiger partial charge in [0.1, 0.15) is 0 Å². The molecule has 1 aliphatic carbocycles. The maximum atomic E-state index is 11.7. The van der Waals surface area contributed by atoms with Gasteiger partial charge in [-0.05, 0) is 31.3 Å². The Morgan fingerprint density at radius 1 is 1.14 bits per heavy atom. The molecule has 1 saturated heterocycles. The second-order valence-electron chi connectivity index (χ2n) is 4.49. The molecule has 3 atom stereocenters. The van der Waals surface area contributed by atoms with Crippen LogP contribution in [0.1, 0.15) is 19.3 Å². The molecule has 2 heterocycles. The lowest BCUT2D eigenvalue weighted by Crippen LogP contribution is -2.39. The molecular formula is C11H13NO2. The maximum Gasteiger partial charge on any atom is 0.246 e. The molecule has 0 radical (unpaired) electrons. The van der Waals surface area contributed by atoms with Gasteiger partial charge in [0.25, 0.3) is 0 Å². The maximum absolute atomic E-state index is 11.7. The Balaban J connectivity index is 2.03. The van der Waals surface area contributed by atoms with E-state index in [1.165, 1.54) is 12.2 Å². The van der Waals surface area contributed by atoms with E-state index < -0.39 is 0 Å². The lowest BCUT2D eigenvalue weighted by atomic mass is 9.95. The van der Waals surface area contributed by atoms with Crippen molar-refractivity contribution in [1.82, 2.24) is 4.90 Å². The fourth-order valence-corrected chi connectivity index (χ4v) is 3.24. The Labute approximate surface area is 82.8 Å². The molecule has 3 rings (SSSR count). The molecule has 3 nitrogen and oxygen atoms in total. The molecule has 3 aliphatic rings. The number of amides is 1. The van der Waals surface area contributed by atoms with E-state index in [1.807, 2.05) is 4.90 Å². The van der Waals surface area contributed by atoms with Crippen LogP contribution in [0.15, 0.2) is 12.2 Å². The second-order valence-corrected chi connectivity index (χ2v) is 4.49. The van der Waals surface area contributed by atoms with Crippen LogP contribution in [0.3, 0.4) is 0 Å². The number of allylic oxidation sites excluding steroid dienone is 1. The Bertz CT molecular complexity index is 304. The molecule has 0 N–H and O–H groups in total. The largest absolute Gasteiger partial charge is 0.335 e. The van der Waals surface area contributed by atoms with Crippen molar-refractivity contribution in [2.45, 2.75) is 25.3 Å². The molecule has 14 heavy (non-hydrogen) atoms. The summed E-state index contributed by atoms with van der Waals surface area (Å²) in [4.78, 5) is 25.2. The zero-order valence-corrected chi connectivity index (χ0v) is 7.98. The molecule has 0 aromatic heterocycles. The van der Waals surface area contributed by atoms with Crippen LogP contribution in [-0.4, -0.2) is 29.2 Å². The summed E-state index contributed by atoms with van der Waals surface area (Å²) in [7, 11) is 0. The van der Waals surface area contributed by atoms with E-state index in [0.29, 0.717) is 5.92 Å². The summed E-state index contributed by atoms with van der Waals surface area (Å²) in [5.41, 5.74) is 0. The molecule has 1 saturated carbocycles. The predicted molar refractivity (Wildman–Crippen MR) is 50.5 cm³/mol. The van der Waals surface area contributed by atoms with E-state index in [9.17, 15) is 9.59 Å². The molecule has 74 valence electrons. The van der Waals surface area contributed by atoms with Crippen molar-refractivity contribution in [1.29, 1.82) is 0 Å². The zero-order chi connectivity index (χ0) is 9.71. The highest BCUT2D eigenvalue weighted by Gasteiger charge is 2.48. The number of ketones is 1. The number of carbonyl (C=O) groups excluding carboxylic acids is 2. The minimum Gasteiger partial charge on any atom is -0.335 e. The minimum absolute atomic E-state index is 0.0373. The lowest BCUT2D eigenvalue weighted by molar-refractivity contribution is -0.128. The van der Waals surface area contributed by atoms with Gasteiger partial charge in [0.05, 0.1) is 0 Å². The van der Waals surface area contributed by atoms with Crippen molar-refractivity contribution in [3.8, 4) is 0 Å². The van der Waals surface area contributed by atoms with Crippen LogP contribution in [0, 0.1) is 11.8 Å². The molecule has 3 heteroatoms. The van der Waals surface area contributed by atoms with E-state index >= 15 is 0 Å². The highest BCUT2D eigenvalue weighted by atomic mass is 16.2. The molecule has 0 aromatic carbocycles. The summed E-state index contributed by atoms with van der Waals surface area (Å²) < 4.78 is 0. The van der Waals surface area contributed by atoms with Gasteiger partial charge in [-0.1, -0.05) is 0 Å². The summed E-state index contributed by atoms with van der Waals surface area (Å²) in [6.07, 6.45) is 6.12. The van der Waals surface area contributed by atoms with Gasteiger partial charge in [-0.3, -0.25) is 9.59 Å². The average molecular weight is 191 g/mol. The molecule has 2 fully saturated rings. The molecule has 1 amide bonds. The lowest BCUT2D eigenvalue weighted by Gasteiger charge is -2.25. The third-order valence-electron chi connectivity index (χ3n) is 3.88. The zero-order valence-electron chi connectivity index (χ0n) is 7.98. The number of rotatable bonds is 0. The molecule has 2 aliphatic heterocycles. The monoisotopic (exact) mass is 191 g/mol. The van der Waals surface area contributed by atoms with Crippen LogP contribution < -0.4 is 0 Å². The van der Waals surface area contributed by atoms with Crippen molar-refractivity contribution < 1.29 is 9.59 Å². The molecule has 0 spiro atoms. The van der Waals surface area contributed by atoms with Gasteiger partial charge >= 0.3 is 0 Å². The van der Waals surface area contributed by atoms with E-state index in [2.05, 4.69) is 0 Å². The van der Waals surface area contributed by atoms with E-state index in [1.54, 1.807) is 0 Å². The highest BCUT2D eigenvalue weighted by Crippen LogP contribution is 2.43.